The van der Waals surface area contributed by atoms with Gasteiger partial charge in [0.15, 0.2) is 10.3 Å². The summed E-state index contributed by atoms with van der Waals surface area (Å²) in [5.41, 5.74) is 5.32. The molecule has 2 aliphatic carbocycles. The van der Waals surface area contributed by atoms with Crippen molar-refractivity contribution in [2.24, 2.45) is 0 Å². The standard InChI is InChI=1S/C19H13BrF2N2OS.C19H14F2N2OS/c20-11-7-8-12-10(9-11)3-1-6-15-17(12)26-19(23-15)24-18(25)16-13(21)4-2-5-14(16)22;20-13-8-4-9-14(21)16(13)18(24)23-19-22-15-10-3-6-11-5-1-2-7-12(11)17(15)25-19/h2,4-5,7-9H,1,3,6H2,(H,23,24,25);1-2,4-5,7-9H,3,6,10H2,(H,22,23,24). The van der Waals surface area contributed by atoms with Crippen molar-refractivity contribution in [1.29, 1.82) is 0 Å². The fourth-order valence-corrected chi connectivity index (χ4v) is 8.71. The molecular weight excluding hydrogens is 764 g/mol. The monoisotopic (exact) mass is 790 g/mol. The summed E-state index contributed by atoms with van der Waals surface area (Å²) < 4.78 is 56.1. The van der Waals surface area contributed by atoms with Gasteiger partial charge in [0, 0.05) is 4.47 Å². The van der Waals surface area contributed by atoms with Gasteiger partial charge in [-0.2, -0.15) is 0 Å². The molecule has 6 nitrogen and oxygen atoms in total. The average molecular weight is 792 g/mol. The van der Waals surface area contributed by atoms with Crippen LogP contribution >= 0.6 is 38.6 Å². The number of carbonyl (C=O) groups excluding carboxylic acids is 2. The van der Waals surface area contributed by atoms with Gasteiger partial charge in [0.05, 0.1) is 21.1 Å². The van der Waals surface area contributed by atoms with E-state index in [0.717, 1.165) is 99.5 Å². The number of nitrogens with one attached hydrogen (secondary N) is 2. The van der Waals surface area contributed by atoms with Crippen LogP contribution in [0.3, 0.4) is 0 Å². The Labute approximate surface area is 306 Å². The maximum atomic E-state index is 13.8. The van der Waals surface area contributed by atoms with Crippen LogP contribution in [-0.2, 0) is 25.7 Å². The number of fused-ring (bicyclic) bond motifs is 6. The van der Waals surface area contributed by atoms with E-state index in [0.29, 0.717) is 10.3 Å². The highest BCUT2D eigenvalue weighted by molar-refractivity contribution is 9.10. The van der Waals surface area contributed by atoms with Crippen LogP contribution in [0.1, 0.15) is 56.1 Å². The Hall–Kier alpha value is -4.72. The predicted octanol–water partition coefficient (Wildman–Crippen LogP) is 10.4. The summed E-state index contributed by atoms with van der Waals surface area (Å²) in [5.74, 6) is -5.22. The predicted molar refractivity (Wildman–Crippen MR) is 195 cm³/mol. The van der Waals surface area contributed by atoms with Gasteiger partial charge in [0.2, 0.25) is 0 Å². The van der Waals surface area contributed by atoms with Gasteiger partial charge in [-0.3, -0.25) is 20.2 Å². The number of aryl methyl sites for hydroxylation is 4. The SMILES string of the molecule is O=C(Nc1nc2c(s1)-c1ccc(Br)cc1CCC2)c1c(F)cccc1F.O=C(Nc1nc2c(s1)-c1ccccc1CCC2)c1c(F)cccc1F. The van der Waals surface area contributed by atoms with E-state index in [2.05, 4.69) is 48.7 Å². The molecule has 2 N–H and O–H groups in total. The largest absolute Gasteiger partial charge is 0.298 e. The molecule has 0 spiro atoms. The molecule has 0 unspecified atom stereocenters. The van der Waals surface area contributed by atoms with Crippen molar-refractivity contribution in [2.45, 2.75) is 38.5 Å². The molecule has 0 atom stereocenters. The summed E-state index contributed by atoms with van der Waals surface area (Å²) in [6, 6.07) is 20.9. The number of hydrogen-bond acceptors (Lipinski definition) is 6. The Morgan fingerprint density at radius 3 is 1.59 bits per heavy atom. The van der Waals surface area contributed by atoms with Crippen LogP contribution < -0.4 is 10.6 Å². The number of hydrogen-bond donors (Lipinski definition) is 2. The Morgan fingerprint density at radius 1 is 0.588 bits per heavy atom. The molecule has 0 bridgehead atoms. The number of carbonyl (C=O) groups is 2. The van der Waals surface area contributed by atoms with Gasteiger partial charge in [-0.1, -0.05) is 81.1 Å². The third kappa shape index (κ3) is 7.37. The van der Waals surface area contributed by atoms with Gasteiger partial charge in [0.25, 0.3) is 11.8 Å². The number of aromatic nitrogens is 2. The van der Waals surface area contributed by atoms with E-state index in [1.54, 1.807) is 0 Å². The number of nitrogens with zero attached hydrogens (tertiary/aromatic N) is 2. The van der Waals surface area contributed by atoms with E-state index in [1.807, 2.05) is 30.3 Å². The second-order valence-electron chi connectivity index (χ2n) is 11.9. The van der Waals surface area contributed by atoms with E-state index in [4.69, 9.17) is 0 Å². The van der Waals surface area contributed by atoms with Gasteiger partial charge >= 0.3 is 0 Å². The topological polar surface area (TPSA) is 84.0 Å². The van der Waals surface area contributed by atoms with Crippen molar-refractivity contribution in [3.63, 3.8) is 0 Å². The molecule has 0 aliphatic heterocycles. The van der Waals surface area contributed by atoms with Crippen LogP contribution in [0, 0.1) is 23.3 Å². The third-order valence-corrected chi connectivity index (χ3v) is 11.1. The van der Waals surface area contributed by atoms with Crippen LogP contribution in [0.5, 0.6) is 0 Å². The summed E-state index contributed by atoms with van der Waals surface area (Å²) in [6.07, 6.45) is 5.48. The molecule has 0 saturated carbocycles. The van der Waals surface area contributed by atoms with Gasteiger partial charge in [0.1, 0.15) is 34.4 Å². The Bertz CT molecular complexity index is 2270. The third-order valence-electron chi connectivity index (χ3n) is 8.51. The van der Waals surface area contributed by atoms with Gasteiger partial charge in [-0.05, 0) is 97.2 Å². The van der Waals surface area contributed by atoms with E-state index < -0.39 is 46.2 Å². The molecule has 13 heteroatoms. The lowest BCUT2D eigenvalue weighted by Gasteiger charge is -2.06. The number of benzene rings is 4. The highest BCUT2D eigenvalue weighted by atomic mass is 79.9. The molecule has 2 amide bonds. The van der Waals surface area contributed by atoms with Crippen LogP contribution in [0.15, 0.2) is 83.3 Å². The molecule has 6 aromatic rings. The molecule has 2 heterocycles. The van der Waals surface area contributed by atoms with Crippen LogP contribution in [0.2, 0.25) is 0 Å². The fourth-order valence-electron chi connectivity index (χ4n) is 6.16. The molecular formula is C38H27BrF4N4O2S2. The van der Waals surface area contributed by atoms with E-state index in [1.165, 1.54) is 45.9 Å². The molecule has 0 radical (unpaired) electrons. The molecule has 0 fully saturated rings. The highest BCUT2D eigenvalue weighted by Gasteiger charge is 2.24. The molecule has 2 aliphatic rings. The van der Waals surface area contributed by atoms with Gasteiger partial charge < -0.3 is 0 Å². The zero-order valence-corrected chi connectivity index (χ0v) is 29.9. The Morgan fingerprint density at radius 2 is 1.06 bits per heavy atom. The lowest BCUT2D eigenvalue weighted by Crippen LogP contribution is -2.15. The van der Waals surface area contributed by atoms with Crippen LogP contribution in [0.25, 0.3) is 20.9 Å². The number of anilines is 2. The molecule has 0 saturated heterocycles. The maximum Gasteiger partial charge on any atom is 0.263 e. The summed E-state index contributed by atoms with van der Waals surface area (Å²) >= 11 is 6.16. The first-order valence-electron chi connectivity index (χ1n) is 16.0. The minimum Gasteiger partial charge on any atom is -0.298 e. The van der Waals surface area contributed by atoms with Crippen molar-refractivity contribution in [1.82, 2.24) is 9.97 Å². The van der Waals surface area contributed by atoms with E-state index in [9.17, 15) is 27.2 Å². The van der Waals surface area contributed by atoms with Crippen molar-refractivity contribution in [3.8, 4) is 20.9 Å². The summed E-state index contributed by atoms with van der Waals surface area (Å²) in [6.45, 7) is 0. The van der Waals surface area contributed by atoms with Crippen molar-refractivity contribution < 1.29 is 27.2 Å². The number of amides is 2. The normalized spacial score (nSPS) is 12.9. The quantitative estimate of drug-likeness (QED) is 0.174. The first kappa shape index (κ1) is 34.7. The highest BCUT2D eigenvalue weighted by Crippen LogP contribution is 2.40. The summed E-state index contributed by atoms with van der Waals surface area (Å²) in [7, 11) is 0. The lowest BCUT2D eigenvalue weighted by molar-refractivity contribution is 0.101. The van der Waals surface area contributed by atoms with Gasteiger partial charge in [-0.25, -0.2) is 27.5 Å². The number of thiazole rings is 2. The van der Waals surface area contributed by atoms with E-state index >= 15 is 0 Å². The smallest absolute Gasteiger partial charge is 0.263 e. The number of rotatable bonds is 4. The molecule has 51 heavy (non-hydrogen) atoms. The lowest BCUT2D eigenvalue weighted by atomic mass is 10.0. The first-order valence-corrected chi connectivity index (χ1v) is 18.5. The minimum absolute atomic E-state index is 0.346. The van der Waals surface area contributed by atoms with Crippen molar-refractivity contribution in [3.05, 3.63) is 140 Å². The van der Waals surface area contributed by atoms with Crippen molar-refractivity contribution >= 4 is 60.7 Å². The summed E-state index contributed by atoms with van der Waals surface area (Å²) in [5, 5.41) is 5.78. The van der Waals surface area contributed by atoms with Crippen LogP contribution in [-0.4, -0.2) is 21.8 Å². The second-order valence-corrected chi connectivity index (χ2v) is 14.8. The molecule has 258 valence electrons. The van der Waals surface area contributed by atoms with Gasteiger partial charge in [-0.15, -0.1) is 0 Å². The minimum atomic E-state index is -0.893. The maximum absolute atomic E-state index is 13.8. The Balaban J connectivity index is 0.000000159. The Kier molecular flexibility index (Phi) is 10.1. The zero-order chi connectivity index (χ0) is 35.6. The summed E-state index contributed by atoms with van der Waals surface area (Å²) in [4.78, 5) is 35.5. The number of halogens is 5. The molecule has 8 rings (SSSR count). The average Bonchev–Trinajstić information content (AvgIpc) is 3.58. The zero-order valence-electron chi connectivity index (χ0n) is 26.7. The molecule has 2 aromatic heterocycles. The fraction of sp³-hybridized carbons (Fsp3) is 0.158. The first-order chi connectivity index (χ1) is 24.7. The van der Waals surface area contributed by atoms with E-state index in [-0.39, 0.29) is 0 Å². The van der Waals surface area contributed by atoms with Crippen LogP contribution in [0.4, 0.5) is 27.8 Å². The second kappa shape index (κ2) is 14.9. The molecule has 4 aromatic carbocycles. The van der Waals surface area contributed by atoms with Crippen molar-refractivity contribution in [2.75, 3.05) is 10.6 Å².